The van der Waals surface area contributed by atoms with Crippen LogP contribution in [0.2, 0.25) is 0 Å². The van der Waals surface area contributed by atoms with Crippen molar-refractivity contribution in [1.29, 1.82) is 0 Å². The second kappa shape index (κ2) is 3.90. The maximum Gasteiger partial charge on any atom is 0.325 e. The largest absolute Gasteiger partial charge is 0.497 e. The van der Waals surface area contributed by atoms with E-state index in [0.29, 0.717) is 22.8 Å². The first-order valence-corrected chi connectivity index (χ1v) is 4.59. The van der Waals surface area contributed by atoms with E-state index in [4.69, 9.17) is 25.1 Å². The van der Waals surface area contributed by atoms with Crippen molar-refractivity contribution in [2.45, 2.75) is 6.04 Å². The molecule has 1 aromatic carbocycles. The van der Waals surface area contributed by atoms with Crippen LogP contribution in [0.4, 0.5) is 0 Å². The van der Waals surface area contributed by atoms with Gasteiger partial charge in [0.2, 0.25) is 6.79 Å². The molecular weight excluding hydrogens is 214 g/mol. The van der Waals surface area contributed by atoms with Gasteiger partial charge in [0.1, 0.15) is 11.8 Å². The highest BCUT2D eigenvalue weighted by atomic mass is 16.7. The van der Waals surface area contributed by atoms with Crippen molar-refractivity contribution in [2.75, 3.05) is 13.9 Å². The number of ether oxygens (including phenoxy) is 3. The fraction of sp³-hybridized carbons (Fsp3) is 0.300. The Kier molecular flexibility index (Phi) is 2.57. The van der Waals surface area contributed by atoms with Crippen LogP contribution < -0.4 is 19.9 Å². The molecule has 0 saturated carbocycles. The third-order valence-corrected chi connectivity index (χ3v) is 2.31. The molecule has 1 aromatic rings. The molecule has 0 fully saturated rings. The highest BCUT2D eigenvalue weighted by Crippen LogP contribution is 2.41. The molecule has 86 valence electrons. The van der Waals surface area contributed by atoms with Crippen molar-refractivity contribution >= 4 is 5.97 Å². The van der Waals surface area contributed by atoms with E-state index >= 15 is 0 Å². The first-order chi connectivity index (χ1) is 7.63. The third kappa shape index (κ3) is 1.63. The zero-order valence-corrected chi connectivity index (χ0v) is 8.60. The molecule has 6 heteroatoms. The van der Waals surface area contributed by atoms with Crippen molar-refractivity contribution in [3.8, 4) is 17.2 Å². The summed E-state index contributed by atoms with van der Waals surface area (Å²) in [6, 6.07) is 2.00. The smallest absolute Gasteiger partial charge is 0.325 e. The summed E-state index contributed by atoms with van der Waals surface area (Å²) in [5.74, 6) is 0.170. The van der Waals surface area contributed by atoms with E-state index in [9.17, 15) is 4.79 Å². The molecule has 16 heavy (non-hydrogen) atoms. The van der Waals surface area contributed by atoms with Gasteiger partial charge < -0.3 is 25.1 Å². The lowest BCUT2D eigenvalue weighted by Crippen LogP contribution is -2.21. The SMILES string of the molecule is COc1cc2c(c(C(N)C(=O)O)c1)OCO2. The first-order valence-electron chi connectivity index (χ1n) is 4.59. The summed E-state index contributed by atoms with van der Waals surface area (Å²) in [7, 11) is 1.48. The molecule has 0 spiro atoms. The van der Waals surface area contributed by atoms with Crippen molar-refractivity contribution in [3.63, 3.8) is 0 Å². The van der Waals surface area contributed by atoms with Crippen molar-refractivity contribution in [3.05, 3.63) is 17.7 Å². The van der Waals surface area contributed by atoms with Gasteiger partial charge in [-0.15, -0.1) is 0 Å². The Morgan fingerprint density at radius 3 is 2.94 bits per heavy atom. The molecule has 1 atom stereocenters. The van der Waals surface area contributed by atoms with Crippen LogP contribution in [0.3, 0.4) is 0 Å². The Morgan fingerprint density at radius 2 is 2.31 bits per heavy atom. The van der Waals surface area contributed by atoms with Crippen molar-refractivity contribution in [2.24, 2.45) is 5.73 Å². The number of hydrogen-bond acceptors (Lipinski definition) is 5. The average Bonchev–Trinajstić information content (AvgIpc) is 2.74. The van der Waals surface area contributed by atoms with Crippen LogP contribution in [0.1, 0.15) is 11.6 Å². The Bertz CT molecular complexity index is 431. The predicted molar refractivity (Wildman–Crippen MR) is 53.7 cm³/mol. The predicted octanol–water partition coefficient (Wildman–Crippen LogP) is 0.508. The number of carbonyl (C=O) groups is 1. The van der Waals surface area contributed by atoms with Crippen LogP contribution in [0.25, 0.3) is 0 Å². The van der Waals surface area contributed by atoms with E-state index < -0.39 is 12.0 Å². The number of aliphatic carboxylic acids is 1. The number of fused-ring (bicyclic) bond motifs is 1. The summed E-state index contributed by atoms with van der Waals surface area (Å²) >= 11 is 0. The van der Waals surface area contributed by atoms with Crippen molar-refractivity contribution < 1.29 is 24.1 Å². The number of nitrogens with two attached hydrogens (primary N) is 1. The van der Waals surface area contributed by atoms with Gasteiger partial charge in [-0.05, 0) is 6.07 Å². The molecule has 1 aliphatic heterocycles. The molecule has 0 amide bonds. The molecule has 1 unspecified atom stereocenters. The van der Waals surface area contributed by atoms with Gasteiger partial charge in [0.15, 0.2) is 11.5 Å². The lowest BCUT2D eigenvalue weighted by molar-refractivity contribution is -0.138. The molecule has 2 rings (SSSR count). The first kappa shape index (κ1) is 10.6. The minimum Gasteiger partial charge on any atom is -0.497 e. The highest BCUT2D eigenvalue weighted by molar-refractivity contribution is 5.77. The van der Waals surface area contributed by atoms with E-state index in [2.05, 4.69) is 0 Å². The normalized spacial score (nSPS) is 14.6. The Hall–Kier alpha value is -1.95. The summed E-state index contributed by atoms with van der Waals surface area (Å²) in [4.78, 5) is 10.8. The van der Waals surface area contributed by atoms with E-state index in [-0.39, 0.29) is 6.79 Å². The minimum atomic E-state index is -1.16. The summed E-state index contributed by atoms with van der Waals surface area (Å²) in [6.45, 7) is 0.0574. The monoisotopic (exact) mass is 225 g/mol. The van der Waals surface area contributed by atoms with Crippen LogP contribution in [0, 0.1) is 0 Å². The lowest BCUT2D eigenvalue weighted by Gasteiger charge is -2.11. The second-order valence-corrected chi connectivity index (χ2v) is 3.27. The number of hydrogen-bond donors (Lipinski definition) is 2. The van der Waals surface area contributed by atoms with Crippen LogP contribution in [-0.2, 0) is 4.79 Å². The number of methoxy groups -OCH3 is 1. The van der Waals surface area contributed by atoms with Gasteiger partial charge in [-0.3, -0.25) is 4.79 Å². The molecule has 0 aliphatic carbocycles. The van der Waals surface area contributed by atoms with Gasteiger partial charge in [0.05, 0.1) is 7.11 Å². The molecule has 1 heterocycles. The van der Waals surface area contributed by atoms with E-state index in [1.165, 1.54) is 13.2 Å². The van der Waals surface area contributed by atoms with Gasteiger partial charge in [0.25, 0.3) is 0 Å². The summed E-state index contributed by atoms with van der Waals surface area (Å²) in [6.07, 6.45) is 0. The molecular formula is C10H11NO5. The quantitative estimate of drug-likeness (QED) is 0.778. The topological polar surface area (TPSA) is 91.0 Å². The molecule has 0 radical (unpaired) electrons. The Balaban J connectivity index is 2.50. The Morgan fingerprint density at radius 1 is 1.56 bits per heavy atom. The number of carboxylic acids is 1. The molecule has 6 nitrogen and oxygen atoms in total. The summed E-state index contributed by atoms with van der Waals surface area (Å²) in [5, 5.41) is 8.87. The molecule has 3 N–H and O–H groups in total. The summed E-state index contributed by atoms with van der Waals surface area (Å²) < 4.78 is 15.4. The van der Waals surface area contributed by atoms with Gasteiger partial charge in [-0.1, -0.05) is 0 Å². The van der Waals surface area contributed by atoms with Crippen LogP contribution >= 0.6 is 0 Å². The van der Waals surface area contributed by atoms with E-state index in [1.807, 2.05) is 0 Å². The zero-order chi connectivity index (χ0) is 11.7. The second-order valence-electron chi connectivity index (χ2n) is 3.27. The fourth-order valence-electron chi connectivity index (χ4n) is 1.49. The standard InChI is InChI=1S/C10H11NO5/c1-14-5-2-6(8(11)10(12)13)9-7(3-5)15-4-16-9/h2-3,8H,4,11H2,1H3,(H,12,13). The highest BCUT2D eigenvalue weighted by Gasteiger charge is 2.26. The number of carboxylic acid groups (broad SMARTS) is 1. The van der Waals surface area contributed by atoms with Gasteiger partial charge in [-0.2, -0.15) is 0 Å². The number of rotatable bonds is 3. The van der Waals surface area contributed by atoms with Gasteiger partial charge in [0, 0.05) is 11.6 Å². The molecule has 0 saturated heterocycles. The number of benzene rings is 1. The maximum atomic E-state index is 10.8. The van der Waals surface area contributed by atoms with Crippen LogP contribution in [0.15, 0.2) is 12.1 Å². The minimum absolute atomic E-state index is 0.0574. The molecule has 0 bridgehead atoms. The Labute approximate surface area is 91.5 Å². The zero-order valence-electron chi connectivity index (χ0n) is 8.60. The average molecular weight is 225 g/mol. The van der Waals surface area contributed by atoms with Crippen LogP contribution in [-0.4, -0.2) is 25.0 Å². The molecule has 0 aromatic heterocycles. The summed E-state index contributed by atoms with van der Waals surface area (Å²) in [5.41, 5.74) is 5.89. The maximum absolute atomic E-state index is 10.8. The van der Waals surface area contributed by atoms with Gasteiger partial charge in [-0.25, -0.2) is 0 Å². The fourth-order valence-corrected chi connectivity index (χ4v) is 1.49. The van der Waals surface area contributed by atoms with Gasteiger partial charge >= 0.3 is 5.97 Å². The van der Waals surface area contributed by atoms with Crippen LogP contribution in [0.5, 0.6) is 17.2 Å². The van der Waals surface area contributed by atoms with Crippen molar-refractivity contribution in [1.82, 2.24) is 0 Å². The van der Waals surface area contributed by atoms with E-state index in [1.54, 1.807) is 6.07 Å². The molecule has 1 aliphatic rings. The van der Waals surface area contributed by atoms with E-state index in [0.717, 1.165) is 0 Å². The third-order valence-electron chi connectivity index (χ3n) is 2.31. The lowest BCUT2D eigenvalue weighted by atomic mass is 10.1.